The van der Waals surface area contributed by atoms with Crippen molar-refractivity contribution >= 4 is 11.3 Å². The Hall–Kier alpha value is -0.480. The molecule has 0 aliphatic carbocycles. The van der Waals surface area contributed by atoms with Crippen LogP contribution in [-0.4, -0.2) is 17.2 Å². The van der Waals surface area contributed by atoms with Gasteiger partial charge in [0.1, 0.15) is 10.0 Å². The van der Waals surface area contributed by atoms with E-state index < -0.39 is 0 Å². The second-order valence-electron chi connectivity index (χ2n) is 4.09. The molecule has 0 aromatic carbocycles. The van der Waals surface area contributed by atoms with Gasteiger partial charge in [0.2, 0.25) is 0 Å². The van der Waals surface area contributed by atoms with Crippen LogP contribution in [0, 0.1) is 0 Å². The Morgan fingerprint density at radius 1 is 1.19 bits per heavy atom. The van der Waals surface area contributed by atoms with Crippen molar-refractivity contribution in [2.45, 2.75) is 58.4 Å². The van der Waals surface area contributed by atoms with Gasteiger partial charge in [0, 0.05) is 6.42 Å². The van der Waals surface area contributed by atoms with Crippen molar-refractivity contribution in [2.24, 2.45) is 0 Å². The molecule has 0 fully saturated rings. The first kappa shape index (κ1) is 13.6. The molecule has 0 amide bonds. The highest BCUT2D eigenvalue weighted by atomic mass is 32.1. The average Bonchev–Trinajstić information content (AvgIpc) is 2.75. The zero-order valence-electron chi connectivity index (χ0n) is 10.6. The SMILES string of the molecule is CCCCCCc1nnc(C(CC)NC)s1. The van der Waals surface area contributed by atoms with Crippen LogP contribution in [0.1, 0.15) is 62.0 Å². The van der Waals surface area contributed by atoms with E-state index in [4.69, 9.17) is 0 Å². The molecule has 1 N–H and O–H groups in total. The Balaban J connectivity index is 2.38. The maximum absolute atomic E-state index is 4.26. The van der Waals surface area contributed by atoms with Crippen molar-refractivity contribution in [1.29, 1.82) is 0 Å². The molecule has 0 radical (unpaired) electrons. The first-order valence-corrected chi connectivity index (χ1v) is 7.13. The van der Waals surface area contributed by atoms with E-state index in [-0.39, 0.29) is 0 Å². The van der Waals surface area contributed by atoms with Crippen molar-refractivity contribution in [3.8, 4) is 0 Å². The summed E-state index contributed by atoms with van der Waals surface area (Å²) in [6, 6.07) is 0.377. The van der Waals surface area contributed by atoms with Crippen molar-refractivity contribution in [3.05, 3.63) is 10.0 Å². The van der Waals surface area contributed by atoms with Crippen LogP contribution in [0.25, 0.3) is 0 Å². The van der Waals surface area contributed by atoms with Gasteiger partial charge in [-0.15, -0.1) is 10.2 Å². The van der Waals surface area contributed by atoms with Gasteiger partial charge in [-0.25, -0.2) is 0 Å². The minimum atomic E-state index is 0.377. The van der Waals surface area contributed by atoms with Gasteiger partial charge in [-0.3, -0.25) is 0 Å². The molecule has 1 unspecified atom stereocenters. The summed E-state index contributed by atoms with van der Waals surface area (Å²) in [6.45, 7) is 4.41. The Morgan fingerprint density at radius 3 is 2.62 bits per heavy atom. The topological polar surface area (TPSA) is 37.8 Å². The number of nitrogens with zero attached hydrogens (tertiary/aromatic N) is 2. The Bertz CT molecular complexity index is 282. The van der Waals surface area contributed by atoms with Gasteiger partial charge in [0.15, 0.2) is 0 Å². The second-order valence-corrected chi connectivity index (χ2v) is 5.19. The lowest BCUT2D eigenvalue weighted by atomic mass is 10.2. The summed E-state index contributed by atoms with van der Waals surface area (Å²) in [4.78, 5) is 0. The fourth-order valence-corrected chi connectivity index (χ4v) is 2.79. The van der Waals surface area contributed by atoms with Gasteiger partial charge in [-0.05, 0) is 19.9 Å². The van der Waals surface area contributed by atoms with E-state index in [1.54, 1.807) is 11.3 Å². The highest BCUT2D eigenvalue weighted by molar-refractivity contribution is 7.11. The van der Waals surface area contributed by atoms with Crippen LogP contribution in [0.5, 0.6) is 0 Å². The normalized spacial score (nSPS) is 12.9. The fraction of sp³-hybridized carbons (Fsp3) is 0.833. The molecular formula is C12H23N3S. The Kier molecular flexibility index (Phi) is 6.57. The van der Waals surface area contributed by atoms with Crippen LogP contribution in [0.2, 0.25) is 0 Å². The van der Waals surface area contributed by atoms with Gasteiger partial charge in [-0.1, -0.05) is 44.4 Å². The Morgan fingerprint density at radius 2 is 2.00 bits per heavy atom. The monoisotopic (exact) mass is 241 g/mol. The number of unbranched alkanes of at least 4 members (excludes halogenated alkanes) is 3. The minimum Gasteiger partial charge on any atom is -0.311 e. The molecule has 1 aromatic rings. The number of nitrogens with one attached hydrogen (secondary N) is 1. The average molecular weight is 241 g/mol. The number of hydrogen-bond acceptors (Lipinski definition) is 4. The molecule has 1 aromatic heterocycles. The molecule has 92 valence electrons. The van der Waals surface area contributed by atoms with Crippen molar-refractivity contribution in [1.82, 2.24) is 15.5 Å². The van der Waals surface area contributed by atoms with Crippen LogP contribution in [0.4, 0.5) is 0 Å². The molecule has 1 heterocycles. The standard InChI is InChI=1S/C12H23N3S/c1-4-6-7-8-9-11-14-15-12(16-11)10(5-2)13-3/h10,13H,4-9H2,1-3H3. The molecular weight excluding hydrogens is 218 g/mol. The zero-order valence-corrected chi connectivity index (χ0v) is 11.4. The van der Waals surface area contributed by atoms with Gasteiger partial charge < -0.3 is 5.32 Å². The smallest absolute Gasteiger partial charge is 0.134 e. The summed E-state index contributed by atoms with van der Waals surface area (Å²) in [5.41, 5.74) is 0. The van der Waals surface area contributed by atoms with Crippen LogP contribution >= 0.6 is 11.3 Å². The molecule has 0 aliphatic heterocycles. The third kappa shape index (κ3) is 4.18. The van der Waals surface area contributed by atoms with Gasteiger partial charge in [0.05, 0.1) is 6.04 Å². The second kappa shape index (κ2) is 7.74. The Labute approximate surface area is 103 Å². The summed E-state index contributed by atoms with van der Waals surface area (Å²) < 4.78 is 0. The molecule has 0 spiro atoms. The maximum atomic E-state index is 4.26. The lowest BCUT2D eigenvalue weighted by molar-refractivity contribution is 0.568. The third-order valence-electron chi connectivity index (χ3n) is 2.78. The van der Waals surface area contributed by atoms with Crippen LogP contribution in [-0.2, 0) is 6.42 Å². The van der Waals surface area contributed by atoms with Crippen LogP contribution in [0.15, 0.2) is 0 Å². The van der Waals surface area contributed by atoms with Gasteiger partial charge in [-0.2, -0.15) is 0 Å². The number of rotatable bonds is 8. The molecule has 0 saturated heterocycles. The lowest BCUT2D eigenvalue weighted by Gasteiger charge is -2.07. The molecule has 1 atom stereocenters. The summed E-state index contributed by atoms with van der Waals surface area (Å²) in [7, 11) is 1.98. The fourth-order valence-electron chi connectivity index (χ4n) is 1.71. The van der Waals surface area contributed by atoms with E-state index >= 15 is 0 Å². The van der Waals surface area contributed by atoms with E-state index in [0.717, 1.165) is 17.8 Å². The maximum Gasteiger partial charge on any atom is 0.134 e. The molecule has 4 heteroatoms. The van der Waals surface area contributed by atoms with E-state index in [1.807, 2.05) is 7.05 Å². The molecule has 3 nitrogen and oxygen atoms in total. The molecule has 1 rings (SSSR count). The number of aryl methyl sites for hydroxylation is 1. The largest absolute Gasteiger partial charge is 0.311 e. The minimum absolute atomic E-state index is 0.377. The first-order chi connectivity index (χ1) is 7.81. The predicted molar refractivity (Wildman–Crippen MR) is 69.8 cm³/mol. The molecule has 0 bridgehead atoms. The molecule has 0 aliphatic rings. The number of hydrogen-bond donors (Lipinski definition) is 1. The van der Waals surface area contributed by atoms with E-state index in [9.17, 15) is 0 Å². The van der Waals surface area contributed by atoms with Crippen molar-refractivity contribution in [3.63, 3.8) is 0 Å². The molecule has 16 heavy (non-hydrogen) atoms. The zero-order chi connectivity index (χ0) is 11.8. The van der Waals surface area contributed by atoms with Crippen molar-refractivity contribution < 1.29 is 0 Å². The predicted octanol–water partition coefficient (Wildman–Crippen LogP) is 3.33. The van der Waals surface area contributed by atoms with Crippen LogP contribution < -0.4 is 5.32 Å². The quantitative estimate of drug-likeness (QED) is 0.709. The lowest BCUT2D eigenvalue weighted by Crippen LogP contribution is -2.14. The van der Waals surface area contributed by atoms with E-state index in [1.165, 1.54) is 30.7 Å². The van der Waals surface area contributed by atoms with Crippen molar-refractivity contribution in [2.75, 3.05) is 7.05 Å². The summed E-state index contributed by atoms with van der Waals surface area (Å²) in [6.07, 6.45) is 7.35. The van der Waals surface area contributed by atoms with Crippen LogP contribution in [0.3, 0.4) is 0 Å². The highest BCUT2D eigenvalue weighted by Crippen LogP contribution is 2.21. The third-order valence-corrected chi connectivity index (χ3v) is 3.88. The number of aromatic nitrogens is 2. The van der Waals surface area contributed by atoms with Gasteiger partial charge in [0.25, 0.3) is 0 Å². The molecule has 0 saturated carbocycles. The summed E-state index contributed by atoms with van der Waals surface area (Å²) in [5.74, 6) is 0. The van der Waals surface area contributed by atoms with Gasteiger partial charge >= 0.3 is 0 Å². The summed E-state index contributed by atoms with van der Waals surface area (Å²) >= 11 is 1.76. The highest BCUT2D eigenvalue weighted by Gasteiger charge is 2.12. The van der Waals surface area contributed by atoms with E-state index in [0.29, 0.717) is 6.04 Å². The van der Waals surface area contributed by atoms with E-state index in [2.05, 4.69) is 29.4 Å². The first-order valence-electron chi connectivity index (χ1n) is 6.31. The summed E-state index contributed by atoms with van der Waals surface area (Å²) in [5, 5.41) is 14.1.